The minimum Gasteiger partial charge on any atom is -0.376 e. The summed E-state index contributed by atoms with van der Waals surface area (Å²) in [6, 6.07) is 5.83. The number of ether oxygens (including phenoxy) is 1. The van der Waals surface area contributed by atoms with Crippen LogP contribution in [-0.2, 0) is 26.0 Å². The summed E-state index contributed by atoms with van der Waals surface area (Å²) < 4.78 is 32.5. The highest BCUT2D eigenvalue weighted by Crippen LogP contribution is 2.21. The summed E-state index contributed by atoms with van der Waals surface area (Å²) >= 11 is 6.90. The SMILES string of the molecule is O=C(Cc1csc(NS(=O)(=O)c2ccc(Cl)cc2)n1)NCC1CCCO1. The number of anilines is 1. The van der Waals surface area contributed by atoms with Gasteiger partial charge in [0.15, 0.2) is 5.13 Å². The number of thiazole rings is 1. The Morgan fingerprint density at radius 2 is 2.12 bits per heavy atom. The Labute approximate surface area is 160 Å². The van der Waals surface area contributed by atoms with E-state index >= 15 is 0 Å². The molecule has 1 unspecified atom stereocenters. The zero-order chi connectivity index (χ0) is 18.6. The van der Waals surface area contributed by atoms with Gasteiger partial charge in [-0.05, 0) is 37.1 Å². The normalized spacial score (nSPS) is 17.2. The number of carbonyl (C=O) groups excluding carboxylic acids is 1. The van der Waals surface area contributed by atoms with Crippen LogP contribution in [0, 0.1) is 0 Å². The molecule has 1 atom stereocenters. The first kappa shape index (κ1) is 19.1. The van der Waals surface area contributed by atoms with Crippen LogP contribution in [0.4, 0.5) is 5.13 Å². The molecule has 26 heavy (non-hydrogen) atoms. The van der Waals surface area contributed by atoms with Crippen LogP contribution in [0.25, 0.3) is 0 Å². The lowest BCUT2D eigenvalue weighted by atomic mass is 10.2. The number of rotatable bonds is 7. The second-order valence-corrected chi connectivity index (χ2v) is 8.80. The lowest BCUT2D eigenvalue weighted by Crippen LogP contribution is -2.32. The van der Waals surface area contributed by atoms with Crippen LogP contribution in [0.3, 0.4) is 0 Å². The van der Waals surface area contributed by atoms with Crippen LogP contribution in [0.1, 0.15) is 18.5 Å². The molecular formula is C16H18ClN3O4S2. The molecule has 1 aromatic heterocycles. The van der Waals surface area contributed by atoms with Gasteiger partial charge in [0.05, 0.1) is 23.1 Å². The van der Waals surface area contributed by atoms with E-state index in [1.807, 2.05) is 0 Å². The molecule has 7 nitrogen and oxygen atoms in total. The Morgan fingerprint density at radius 3 is 2.81 bits per heavy atom. The van der Waals surface area contributed by atoms with Gasteiger partial charge in [-0.2, -0.15) is 0 Å². The number of hydrogen-bond donors (Lipinski definition) is 2. The Kier molecular flexibility index (Phi) is 6.13. The van der Waals surface area contributed by atoms with E-state index in [2.05, 4.69) is 15.0 Å². The van der Waals surface area contributed by atoms with Gasteiger partial charge in [-0.25, -0.2) is 13.4 Å². The van der Waals surface area contributed by atoms with Crippen molar-refractivity contribution in [3.8, 4) is 0 Å². The summed E-state index contributed by atoms with van der Waals surface area (Å²) in [7, 11) is -3.74. The zero-order valence-corrected chi connectivity index (χ0v) is 16.2. The van der Waals surface area contributed by atoms with Gasteiger partial charge in [0.1, 0.15) is 0 Å². The van der Waals surface area contributed by atoms with E-state index in [-0.39, 0.29) is 28.5 Å². The standard InChI is InChI=1S/C16H18ClN3O4S2/c17-11-3-5-14(6-4-11)26(22,23)20-16-19-12(10-25-16)8-15(21)18-9-13-2-1-7-24-13/h3-6,10,13H,1-2,7-9H2,(H,18,21)(H,19,20). The number of aromatic nitrogens is 1. The first-order valence-electron chi connectivity index (χ1n) is 8.03. The second-order valence-electron chi connectivity index (χ2n) is 5.82. The maximum atomic E-state index is 12.3. The van der Waals surface area contributed by atoms with E-state index in [4.69, 9.17) is 16.3 Å². The van der Waals surface area contributed by atoms with Crippen LogP contribution in [-0.4, -0.2) is 38.6 Å². The fourth-order valence-corrected chi connectivity index (χ4v) is 4.57. The molecule has 2 heterocycles. The van der Waals surface area contributed by atoms with E-state index in [1.54, 1.807) is 5.38 Å². The van der Waals surface area contributed by atoms with E-state index in [1.165, 1.54) is 24.3 Å². The predicted octanol–water partition coefficient (Wildman–Crippen LogP) is 2.44. The summed E-state index contributed by atoms with van der Waals surface area (Å²) in [6.45, 7) is 1.22. The summed E-state index contributed by atoms with van der Waals surface area (Å²) in [5.41, 5.74) is 0.508. The molecule has 0 bridgehead atoms. The molecule has 0 aliphatic carbocycles. The van der Waals surface area contributed by atoms with Crippen molar-refractivity contribution in [2.75, 3.05) is 17.9 Å². The third-order valence-electron chi connectivity index (χ3n) is 3.79. The van der Waals surface area contributed by atoms with Crippen molar-refractivity contribution in [3.63, 3.8) is 0 Å². The van der Waals surface area contributed by atoms with Crippen LogP contribution in [0.2, 0.25) is 5.02 Å². The maximum Gasteiger partial charge on any atom is 0.263 e. The number of benzene rings is 1. The largest absolute Gasteiger partial charge is 0.376 e. The summed E-state index contributed by atoms with van der Waals surface area (Å²) in [4.78, 5) is 16.2. The van der Waals surface area contributed by atoms with Gasteiger partial charge >= 0.3 is 0 Å². The number of hydrogen-bond acceptors (Lipinski definition) is 6. The van der Waals surface area contributed by atoms with Crippen LogP contribution in [0.15, 0.2) is 34.5 Å². The fraction of sp³-hybridized carbons (Fsp3) is 0.375. The molecule has 0 spiro atoms. The van der Waals surface area contributed by atoms with Crippen LogP contribution < -0.4 is 10.0 Å². The molecule has 0 radical (unpaired) electrons. The molecule has 0 saturated carbocycles. The third-order valence-corrected chi connectivity index (χ3v) is 6.33. The van der Waals surface area contributed by atoms with E-state index < -0.39 is 10.0 Å². The average molecular weight is 416 g/mol. The fourth-order valence-electron chi connectivity index (χ4n) is 2.48. The van der Waals surface area contributed by atoms with Gasteiger partial charge in [0.2, 0.25) is 5.91 Å². The van der Waals surface area contributed by atoms with Crippen LogP contribution >= 0.6 is 22.9 Å². The van der Waals surface area contributed by atoms with Crippen LogP contribution in [0.5, 0.6) is 0 Å². The van der Waals surface area contributed by atoms with Crippen molar-refractivity contribution in [1.82, 2.24) is 10.3 Å². The summed E-state index contributed by atoms with van der Waals surface area (Å²) in [5, 5.41) is 5.13. The van der Waals surface area contributed by atoms with Crippen molar-refractivity contribution in [2.24, 2.45) is 0 Å². The number of sulfonamides is 1. The van der Waals surface area contributed by atoms with Gasteiger partial charge in [0, 0.05) is 23.6 Å². The second kappa shape index (κ2) is 8.34. The first-order chi connectivity index (χ1) is 12.4. The molecule has 10 heteroatoms. The molecule has 1 aliphatic heterocycles. The van der Waals surface area contributed by atoms with Crippen molar-refractivity contribution in [3.05, 3.63) is 40.4 Å². The lowest BCUT2D eigenvalue weighted by Gasteiger charge is -2.10. The van der Waals surface area contributed by atoms with Crippen molar-refractivity contribution in [2.45, 2.75) is 30.3 Å². The van der Waals surface area contributed by atoms with E-state index in [0.717, 1.165) is 30.8 Å². The van der Waals surface area contributed by atoms with Gasteiger partial charge in [-0.15, -0.1) is 11.3 Å². The number of amides is 1. The topological polar surface area (TPSA) is 97.4 Å². The molecule has 1 fully saturated rings. The molecule has 2 aromatic rings. The molecule has 1 aromatic carbocycles. The maximum absolute atomic E-state index is 12.3. The number of halogens is 1. The Bertz CT molecular complexity index is 862. The van der Waals surface area contributed by atoms with Gasteiger partial charge in [-0.3, -0.25) is 9.52 Å². The highest BCUT2D eigenvalue weighted by Gasteiger charge is 2.18. The molecule has 1 amide bonds. The number of nitrogens with zero attached hydrogens (tertiary/aromatic N) is 1. The molecular weight excluding hydrogens is 398 g/mol. The predicted molar refractivity (Wildman–Crippen MR) is 100 cm³/mol. The van der Waals surface area contributed by atoms with Gasteiger partial charge in [-0.1, -0.05) is 11.6 Å². The summed E-state index contributed by atoms with van der Waals surface area (Å²) in [6.07, 6.45) is 2.14. The Balaban J connectivity index is 1.55. The molecule has 2 N–H and O–H groups in total. The van der Waals surface area contributed by atoms with Crippen molar-refractivity contribution >= 4 is 44.0 Å². The first-order valence-corrected chi connectivity index (χ1v) is 10.8. The Hall–Kier alpha value is -1.68. The van der Waals surface area contributed by atoms with Crippen molar-refractivity contribution < 1.29 is 17.9 Å². The van der Waals surface area contributed by atoms with Crippen molar-refractivity contribution in [1.29, 1.82) is 0 Å². The quantitative estimate of drug-likeness (QED) is 0.723. The monoisotopic (exact) mass is 415 g/mol. The minimum atomic E-state index is -3.74. The van der Waals surface area contributed by atoms with E-state index in [9.17, 15) is 13.2 Å². The van der Waals surface area contributed by atoms with E-state index in [0.29, 0.717) is 17.3 Å². The molecule has 3 rings (SSSR count). The highest BCUT2D eigenvalue weighted by atomic mass is 35.5. The number of nitrogens with one attached hydrogen (secondary N) is 2. The third kappa shape index (κ3) is 5.16. The van der Waals surface area contributed by atoms with Gasteiger partial charge < -0.3 is 10.1 Å². The van der Waals surface area contributed by atoms with Gasteiger partial charge in [0.25, 0.3) is 10.0 Å². The zero-order valence-electron chi connectivity index (χ0n) is 13.8. The molecule has 1 saturated heterocycles. The smallest absolute Gasteiger partial charge is 0.263 e. The lowest BCUT2D eigenvalue weighted by molar-refractivity contribution is -0.121. The highest BCUT2D eigenvalue weighted by molar-refractivity contribution is 7.93. The Morgan fingerprint density at radius 1 is 1.35 bits per heavy atom. The molecule has 140 valence electrons. The number of carbonyl (C=O) groups is 1. The minimum absolute atomic E-state index is 0.0798. The summed E-state index contributed by atoms with van der Waals surface area (Å²) in [5.74, 6) is -0.169. The average Bonchev–Trinajstić information content (AvgIpc) is 3.25. The molecule has 1 aliphatic rings.